The Kier molecular flexibility index (Phi) is 3.23. The molecule has 3 nitrogen and oxygen atoms in total. The smallest absolute Gasteiger partial charge is 0.405 e. The maximum atomic E-state index is 11.9. The quantitative estimate of drug-likeness (QED) is 0.647. The summed E-state index contributed by atoms with van der Waals surface area (Å²) in [5, 5.41) is 7.09. The fourth-order valence-corrected chi connectivity index (χ4v) is 1.29. The Morgan fingerprint density at radius 1 is 1.40 bits per heavy atom. The van der Waals surface area contributed by atoms with Crippen LogP contribution in [0.1, 0.15) is 5.56 Å². The second-order valence-electron chi connectivity index (χ2n) is 2.60. The summed E-state index contributed by atoms with van der Waals surface area (Å²) >= 11 is 3.06. The molecule has 1 aromatic carbocycles. The highest BCUT2D eigenvalue weighted by molar-refractivity contribution is 9.10. The molecular formula is C8H6BrF3N2O. The van der Waals surface area contributed by atoms with Crippen LogP contribution in [-0.2, 0) is 0 Å². The largest absolute Gasteiger partial charge is 0.573 e. The molecule has 0 saturated heterocycles. The number of halogens is 4. The van der Waals surface area contributed by atoms with Gasteiger partial charge in [0.2, 0.25) is 0 Å². The molecule has 15 heavy (non-hydrogen) atoms. The summed E-state index contributed by atoms with van der Waals surface area (Å²) in [6, 6.07) is 3.74. The van der Waals surface area contributed by atoms with E-state index in [9.17, 15) is 13.2 Å². The van der Waals surface area contributed by atoms with Crippen molar-refractivity contribution >= 4 is 21.8 Å². The minimum absolute atomic E-state index is 0.110. The summed E-state index contributed by atoms with van der Waals surface area (Å²) in [5.74, 6) is -0.978. The van der Waals surface area contributed by atoms with Gasteiger partial charge in [-0.3, -0.25) is 5.41 Å². The first-order chi connectivity index (χ1) is 6.79. The lowest BCUT2D eigenvalue weighted by atomic mass is 10.2. The highest BCUT2D eigenvalue weighted by Crippen LogP contribution is 2.28. The number of hydrogen-bond acceptors (Lipinski definition) is 2. The Bertz CT molecular complexity index is 392. The van der Waals surface area contributed by atoms with E-state index in [0.717, 1.165) is 6.07 Å². The molecule has 0 fully saturated rings. The van der Waals surface area contributed by atoms with Gasteiger partial charge in [-0.15, -0.1) is 13.2 Å². The lowest BCUT2D eigenvalue weighted by Crippen LogP contribution is -2.21. The van der Waals surface area contributed by atoms with Gasteiger partial charge >= 0.3 is 6.36 Å². The van der Waals surface area contributed by atoms with Crippen molar-refractivity contribution < 1.29 is 17.9 Å². The molecule has 0 spiro atoms. The van der Waals surface area contributed by atoms with Crippen LogP contribution in [0.15, 0.2) is 22.7 Å². The topological polar surface area (TPSA) is 59.1 Å². The lowest BCUT2D eigenvalue weighted by molar-refractivity contribution is -0.274. The molecule has 0 aliphatic carbocycles. The van der Waals surface area contributed by atoms with E-state index in [-0.39, 0.29) is 5.56 Å². The molecule has 1 rings (SSSR count). The molecule has 7 heteroatoms. The molecular weight excluding hydrogens is 277 g/mol. The Morgan fingerprint density at radius 2 is 2.00 bits per heavy atom. The minimum atomic E-state index is -4.79. The Balaban J connectivity index is 3.12. The van der Waals surface area contributed by atoms with Crippen LogP contribution >= 0.6 is 15.9 Å². The Labute approximate surface area is 91.7 Å². The molecule has 1 aromatic rings. The Hall–Kier alpha value is -1.24. The monoisotopic (exact) mass is 282 g/mol. The average molecular weight is 283 g/mol. The third-order valence-corrected chi connectivity index (χ3v) is 1.95. The average Bonchev–Trinajstić information content (AvgIpc) is 2.05. The highest BCUT2D eigenvalue weighted by atomic mass is 79.9. The number of benzene rings is 1. The van der Waals surface area contributed by atoms with E-state index < -0.39 is 17.9 Å². The molecule has 0 heterocycles. The molecule has 0 amide bonds. The molecule has 0 atom stereocenters. The molecule has 0 aliphatic heterocycles. The van der Waals surface area contributed by atoms with Crippen molar-refractivity contribution in [1.82, 2.24) is 0 Å². The van der Waals surface area contributed by atoms with Gasteiger partial charge in [-0.1, -0.05) is 15.9 Å². The van der Waals surface area contributed by atoms with Crippen molar-refractivity contribution in [2.75, 3.05) is 0 Å². The van der Waals surface area contributed by atoms with Gasteiger partial charge in [0.25, 0.3) is 0 Å². The molecule has 3 N–H and O–H groups in total. The van der Waals surface area contributed by atoms with Gasteiger partial charge in [0, 0.05) is 4.47 Å². The van der Waals surface area contributed by atoms with Crippen LogP contribution < -0.4 is 10.5 Å². The van der Waals surface area contributed by atoms with E-state index in [4.69, 9.17) is 11.1 Å². The van der Waals surface area contributed by atoms with E-state index in [0.29, 0.717) is 4.47 Å². The number of nitrogens with two attached hydrogens (primary N) is 1. The number of ether oxygens (including phenoxy) is 1. The van der Waals surface area contributed by atoms with E-state index >= 15 is 0 Å². The van der Waals surface area contributed by atoms with E-state index in [2.05, 4.69) is 20.7 Å². The molecule has 0 saturated carbocycles. The zero-order valence-corrected chi connectivity index (χ0v) is 8.82. The summed E-state index contributed by atoms with van der Waals surface area (Å²) in [7, 11) is 0. The lowest BCUT2D eigenvalue weighted by Gasteiger charge is -2.12. The predicted molar refractivity (Wildman–Crippen MR) is 51.8 cm³/mol. The molecule has 0 radical (unpaired) electrons. The van der Waals surface area contributed by atoms with Crippen molar-refractivity contribution in [2.45, 2.75) is 6.36 Å². The summed E-state index contributed by atoms with van der Waals surface area (Å²) in [4.78, 5) is 0. The first-order valence-corrected chi connectivity index (χ1v) is 4.48. The summed E-state index contributed by atoms with van der Waals surface area (Å²) in [6.45, 7) is 0. The number of hydrogen-bond donors (Lipinski definition) is 2. The van der Waals surface area contributed by atoms with Gasteiger partial charge < -0.3 is 10.5 Å². The third-order valence-electron chi connectivity index (χ3n) is 1.46. The summed E-state index contributed by atoms with van der Waals surface area (Å²) in [6.07, 6.45) is -4.79. The first kappa shape index (κ1) is 11.8. The standard InChI is InChI=1S/C8H6BrF3N2O/c9-4-1-2-6(15-8(10,11)12)5(3-4)7(13)14/h1-3H,(H3,13,14). The van der Waals surface area contributed by atoms with Crippen LogP contribution in [0.5, 0.6) is 5.75 Å². The number of amidine groups is 1. The summed E-state index contributed by atoms with van der Waals surface area (Å²) in [5.41, 5.74) is 5.01. The van der Waals surface area contributed by atoms with Crippen LogP contribution in [0.4, 0.5) is 13.2 Å². The van der Waals surface area contributed by atoms with Crippen molar-refractivity contribution in [3.8, 4) is 5.75 Å². The second-order valence-corrected chi connectivity index (χ2v) is 3.52. The van der Waals surface area contributed by atoms with Crippen molar-refractivity contribution in [3.63, 3.8) is 0 Å². The van der Waals surface area contributed by atoms with Gasteiger partial charge in [-0.2, -0.15) is 0 Å². The summed E-state index contributed by atoms with van der Waals surface area (Å²) < 4.78 is 40.0. The maximum absolute atomic E-state index is 11.9. The van der Waals surface area contributed by atoms with Crippen molar-refractivity contribution in [2.24, 2.45) is 5.73 Å². The van der Waals surface area contributed by atoms with E-state index in [1.54, 1.807) is 0 Å². The highest BCUT2D eigenvalue weighted by Gasteiger charge is 2.32. The fourth-order valence-electron chi connectivity index (χ4n) is 0.926. The van der Waals surface area contributed by atoms with Gasteiger partial charge in [-0.05, 0) is 18.2 Å². The molecule has 0 aromatic heterocycles. The minimum Gasteiger partial charge on any atom is -0.405 e. The van der Waals surface area contributed by atoms with Crippen LogP contribution in [-0.4, -0.2) is 12.2 Å². The predicted octanol–water partition coefficient (Wildman–Crippen LogP) is 2.63. The van der Waals surface area contributed by atoms with Crippen LogP contribution in [0.2, 0.25) is 0 Å². The van der Waals surface area contributed by atoms with Crippen molar-refractivity contribution in [3.05, 3.63) is 28.2 Å². The number of nitrogens with one attached hydrogen (secondary N) is 1. The van der Waals surface area contributed by atoms with Gasteiger partial charge in [0.1, 0.15) is 11.6 Å². The third kappa shape index (κ3) is 3.43. The second kappa shape index (κ2) is 4.09. The maximum Gasteiger partial charge on any atom is 0.573 e. The van der Waals surface area contributed by atoms with Gasteiger partial charge in [0.05, 0.1) is 5.56 Å². The molecule has 82 valence electrons. The normalized spacial score (nSPS) is 11.2. The van der Waals surface area contributed by atoms with Crippen molar-refractivity contribution in [1.29, 1.82) is 5.41 Å². The SMILES string of the molecule is N=C(N)c1cc(Br)ccc1OC(F)(F)F. The van der Waals surface area contributed by atoms with Crippen LogP contribution in [0.25, 0.3) is 0 Å². The van der Waals surface area contributed by atoms with Crippen LogP contribution in [0, 0.1) is 5.41 Å². The van der Waals surface area contributed by atoms with Gasteiger partial charge in [0.15, 0.2) is 0 Å². The van der Waals surface area contributed by atoms with E-state index in [1.165, 1.54) is 12.1 Å². The molecule has 0 aliphatic rings. The number of nitrogen functional groups attached to an aromatic ring is 1. The number of rotatable bonds is 2. The molecule has 0 unspecified atom stereocenters. The zero-order chi connectivity index (χ0) is 11.6. The Morgan fingerprint density at radius 3 is 2.47 bits per heavy atom. The number of alkyl halides is 3. The zero-order valence-electron chi connectivity index (χ0n) is 7.23. The fraction of sp³-hybridized carbons (Fsp3) is 0.125. The van der Waals surface area contributed by atoms with E-state index in [1.807, 2.05) is 0 Å². The van der Waals surface area contributed by atoms with Gasteiger partial charge in [-0.25, -0.2) is 0 Å². The molecule has 0 bridgehead atoms. The van der Waals surface area contributed by atoms with Crippen LogP contribution in [0.3, 0.4) is 0 Å². The first-order valence-electron chi connectivity index (χ1n) is 3.69.